The summed E-state index contributed by atoms with van der Waals surface area (Å²) in [6.45, 7) is 2.89. The van der Waals surface area contributed by atoms with Gasteiger partial charge in [-0.3, -0.25) is 0 Å². The summed E-state index contributed by atoms with van der Waals surface area (Å²) < 4.78 is 10.3. The zero-order valence-electron chi connectivity index (χ0n) is 9.15. The van der Waals surface area contributed by atoms with Gasteiger partial charge in [-0.2, -0.15) is 0 Å². The zero-order chi connectivity index (χ0) is 11.4. The highest BCUT2D eigenvalue weighted by atomic mass is 16.5. The summed E-state index contributed by atoms with van der Waals surface area (Å²) in [7, 11) is 1.81. The maximum Gasteiger partial charge on any atom is 0.315 e. The van der Waals surface area contributed by atoms with Crippen LogP contribution in [0.25, 0.3) is 0 Å². The second-order valence-corrected chi connectivity index (χ2v) is 3.32. The van der Waals surface area contributed by atoms with Crippen molar-refractivity contribution in [3.8, 4) is 0 Å². The van der Waals surface area contributed by atoms with E-state index >= 15 is 0 Å². The van der Waals surface area contributed by atoms with E-state index < -0.39 is 0 Å². The molecule has 2 N–H and O–H groups in total. The van der Waals surface area contributed by atoms with Crippen LogP contribution < -0.4 is 10.6 Å². The fourth-order valence-corrected chi connectivity index (χ4v) is 1.21. The van der Waals surface area contributed by atoms with E-state index in [2.05, 4.69) is 26.0 Å². The Kier molecular flexibility index (Phi) is 3.16. The second kappa shape index (κ2) is 4.75. The lowest BCUT2D eigenvalue weighted by atomic mass is 10.4. The average molecular weight is 223 g/mol. The minimum absolute atomic E-state index is 0.374. The molecule has 86 valence electrons. The molecule has 0 aliphatic rings. The van der Waals surface area contributed by atoms with E-state index in [1.165, 1.54) is 0 Å². The van der Waals surface area contributed by atoms with Crippen LogP contribution in [0.2, 0.25) is 0 Å². The van der Waals surface area contributed by atoms with E-state index in [1.807, 2.05) is 20.0 Å². The Bertz CT molecular complexity index is 450. The second-order valence-electron chi connectivity index (χ2n) is 3.32. The fraction of sp³-hybridized carbons (Fsp3) is 0.444. The number of anilines is 1. The van der Waals surface area contributed by atoms with Crippen LogP contribution >= 0.6 is 0 Å². The molecule has 2 aromatic heterocycles. The molecule has 16 heavy (non-hydrogen) atoms. The Balaban J connectivity index is 1.89. The molecule has 2 aromatic rings. The van der Waals surface area contributed by atoms with Gasteiger partial charge in [-0.15, -0.1) is 5.10 Å². The predicted molar refractivity (Wildman–Crippen MR) is 55.6 cm³/mol. The normalized spacial score (nSPS) is 10.6. The SMILES string of the molecule is CNCc1nnc(NCc2cc(C)no2)o1. The zero-order valence-corrected chi connectivity index (χ0v) is 9.15. The molecule has 0 unspecified atom stereocenters. The molecule has 0 spiro atoms. The summed E-state index contributed by atoms with van der Waals surface area (Å²) in [5.41, 5.74) is 0.846. The van der Waals surface area contributed by atoms with Crippen LogP contribution in [0.4, 0.5) is 6.01 Å². The van der Waals surface area contributed by atoms with Crippen molar-refractivity contribution < 1.29 is 8.94 Å². The van der Waals surface area contributed by atoms with Crippen LogP contribution in [0, 0.1) is 6.92 Å². The molecular weight excluding hydrogens is 210 g/mol. The first-order chi connectivity index (χ1) is 7.78. The van der Waals surface area contributed by atoms with E-state index in [4.69, 9.17) is 8.94 Å². The first-order valence-electron chi connectivity index (χ1n) is 4.91. The monoisotopic (exact) mass is 223 g/mol. The quantitative estimate of drug-likeness (QED) is 0.771. The van der Waals surface area contributed by atoms with Gasteiger partial charge >= 0.3 is 6.01 Å². The molecular formula is C9H13N5O2. The fourth-order valence-electron chi connectivity index (χ4n) is 1.21. The number of rotatable bonds is 5. The van der Waals surface area contributed by atoms with Gasteiger partial charge in [0.05, 0.1) is 18.8 Å². The van der Waals surface area contributed by atoms with E-state index in [9.17, 15) is 0 Å². The Hall–Kier alpha value is -1.89. The third-order valence-electron chi connectivity index (χ3n) is 1.89. The summed E-state index contributed by atoms with van der Waals surface area (Å²) in [6.07, 6.45) is 0. The van der Waals surface area contributed by atoms with Crippen LogP contribution in [0.15, 0.2) is 15.0 Å². The third-order valence-corrected chi connectivity index (χ3v) is 1.89. The third kappa shape index (κ3) is 2.57. The largest absolute Gasteiger partial charge is 0.407 e. The highest BCUT2D eigenvalue weighted by Crippen LogP contribution is 2.08. The summed E-state index contributed by atoms with van der Waals surface area (Å²) in [5, 5.41) is 17.3. The Morgan fingerprint density at radius 1 is 1.31 bits per heavy atom. The lowest BCUT2D eigenvalue weighted by Crippen LogP contribution is -2.04. The Labute approximate surface area is 92.2 Å². The summed E-state index contributed by atoms with van der Waals surface area (Å²) in [4.78, 5) is 0. The van der Waals surface area contributed by atoms with Gasteiger partial charge in [0, 0.05) is 6.07 Å². The first-order valence-corrected chi connectivity index (χ1v) is 4.91. The number of nitrogens with zero attached hydrogens (tertiary/aromatic N) is 3. The molecule has 0 atom stereocenters. The van der Waals surface area contributed by atoms with Gasteiger partial charge in [0.15, 0.2) is 5.76 Å². The van der Waals surface area contributed by atoms with Gasteiger partial charge in [0.25, 0.3) is 0 Å². The van der Waals surface area contributed by atoms with Crippen molar-refractivity contribution in [3.05, 3.63) is 23.4 Å². The van der Waals surface area contributed by atoms with Crippen molar-refractivity contribution in [2.24, 2.45) is 0 Å². The number of nitrogens with one attached hydrogen (secondary N) is 2. The van der Waals surface area contributed by atoms with Crippen LogP contribution in [-0.4, -0.2) is 22.4 Å². The van der Waals surface area contributed by atoms with Crippen molar-refractivity contribution >= 4 is 6.01 Å². The van der Waals surface area contributed by atoms with E-state index in [-0.39, 0.29) is 0 Å². The molecule has 7 nitrogen and oxygen atoms in total. The number of hydrogen-bond acceptors (Lipinski definition) is 7. The molecule has 0 aliphatic carbocycles. The first kappa shape index (κ1) is 10.6. The number of aryl methyl sites for hydroxylation is 1. The summed E-state index contributed by atoms with van der Waals surface area (Å²) >= 11 is 0. The standard InChI is InChI=1S/C9H13N5O2/c1-6-3-7(16-14-6)4-11-9-13-12-8(15-9)5-10-2/h3,10H,4-5H2,1-2H3,(H,11,13). The molecule has 0 amide bonds. The van der Waals surface area contributed by atoms with Crippen LogP contribution in [0.1, 0.15) is 17.3 Å². The van der Waals surface area contributed by atoms with Crippen molar-refractivity contribution in [2.45, 2.75) is 20.0 Å². The van der Waals surface area contributed by atoms with Crippen LogP contribution in [-0.2, 0) is 13.1 Å². The Morgan fingerprint density at radius 3 is 2.88 bits per heavy atom. The van der Waals surface area contributed by atoms with Gasteiger partial charge in [-0.05, 0) is 14.0 Å². The number of hydrogen-bond donors (Lipinski definition) is 2. The van der Waals surface area contributed by atoms with E-state index in [1.54, 1.807) is 0 Å². The number of aromatic nitrogens is 3. The van der Waals surface area contributed by atoms with Gasteiger partial charge in [-0.25, -0.2) is 0 Å². The molecule has 0 bridgehead atoms. The summed E-state index contributed by atoms with van der Waals surface area (Å²) in [6, 6.07) is 2.22. The minimum atomic E-state index is 0.374. The molecule has 0 fully saturated rings. The highest BCUT2D eigenvalue weighted by molar-refractivity contribution is 5.19. The molecule has 0 aromatic carbocycles. The van der Waals surface area contributed by atoms with Gasteiger partial charge in [0.2, 0.25) is 5.89 Å². The molecule has 0 saturated heterocycles. The van der Waals surface area contributed by atoms with Crippen molar-refractivity contribution in [1.29, 1.82) is 0 Å². The molecule has 2 rings (SSSR count). The molecule has 0 saturated carbocycles. The maximum atomic E-state index is 5.29. The lowest BCUT2D eigenvalue weighted by Gasteiger charge is -1.95. The molecule has 7 heteroatoms. The van der Waals surface area contributed by atoms with Crippen molar-refractivity contribution in [3.63, 3.8) is 0 Å². The minimum Gasteiger partial charge on any atom is -0.407 e. The van der Waals surface area contributed by atoms with Crippen molar-refractivity contribution in [1.82, 2.24) is 20.7 Å². The van der Waals surface area contributed by atoms with E-state index in [0.717, 1.165) is 11.5 Å². The maximum absolute atomic E-state index is 5.29. The topological polar surface area (TPSA) is 89.0 Å². The Morgan fingerprint density at radius 2 is 2.19 bits per heavy atom. The predicted octanol–water partition coefficient (Wildman–Crippen LogP) is 0.698. The smallest absolute Gasteiger partial charge is 0.315 e. The van der Waals surface area contributed by atoms with Crippen LogP contribution in [0.5, 0.6) is 0 Å². The van der Waals surface area contributed by atoms with Gasteiger partial charge in [-0.1, -0.05) is 10.3 Å². The molecule has 0 radical (unpaired) electrons. The van der Waals surface area contributed by atoms with Gasteiger partial charge in [0.1, 0.15) is 0 Å². The van der Waals surface area contributed by atoms with Gasteiger partial charge < -0.3 is 19.6 Å². The summed E-state index contributed by atoms with van der Waals surface area (Å²) in [5.74, 6) is 1.27. The van der Waals surface area contributed by atoms with Crippen LogP contribution in [0.3, 0.4) is 0 Å². The van der Waals surface area contributed by atoms with Crippen molar-refractivity contribution in [2.75, 3.05) is 12.4 Å². The molecule has 2 heterocycles. The lowest BCUT2D eigenvalue weighted by molar-refractivity contribution is 0.382. The highest BCUT2D eigenvalue weighted by Gasteiger charge is 2.06. The van der Waals surface area contributed by atoms with E-state index in [0.29, 0.717) is 25.0 Å². The average Bonchev–Trinajstić information content (AvgIpc) is 2.85. The molecule has 0 aliphatic heterocycles.